The summed E-state index contributed by atoms with van der Waals surface area (Å²) in [5, 5.41) is 13.4. The number of carbonyl (C=O) groups is 1. The van der Waals surface area contributed by atoms with Crippen molar-refractivity contribution in [1.82, 2.24) is 5.32 Å². The molecular weight excluding hydrogens is 272 g/mol. The maximum absolute atomic E-state index is 11.8. The lowest BCUT2D eigenvalue weighted by Gasteiger charge is -2.07. The molecule has 0 spiro atoms. The lowest BCUT2D eigenvalue weighted by Crippen LogP contribution is -2.25. The molecule has 1 rings (SSSR count). The maximum atomic E-state index is 11.8. The molecule has 0 aliphatic rings. The molecule has 6 nitrogen and oxygen atoms in total. The molecule has 1 unspecified atom stereocenters. The van der Waals surface area contributed by atoms with Gasteiger partial charge < -0.3 is 10.1 Å². The summed E-state index contributed by atoms with van der Waals surface area (Å²) in [6, 6.07) is 3.98. The second kappa shape index (κ2) is 6.94. The number of nitro benzene ring substituents is 1. The molecule has 0 aliphatic carbocycles. The fourth-order valence-electron chi connectivity index (χ4n) is 1.46. The fourth-order valence-corrected chi connectivity index (χ4v) is 1.57. The van der Waals surface area contributed by atoms with Crippen LogP contribution in [0, 0.1) is 10.1 Å². The van der Waals surface area contributed by atoms with Gasteiger partial charge in [0.2, 0.25) is 0 Å². The summed E-state index contributed by atoms with van der Waals surface area (Å²) in [6.45, 7) is 2.28. The minimum atomic E-state index is -0.560. The molecule has 0 aromatic heterocycles. The largest absolute Gasteiger partial charge is 0.490 e. The number of rotatable bonds is 6. The van der Waals surface area contributed by atoms with Crippen LogP contribution in [0.2, 0.25) is 0 Å². The van der Waals surface area contributed by atoms with Crippen LogP contribution in [-0.4, -0.2) is 29.9 Å². The fraction of sp³-hybridized carbons (Fsp3) is 0.417. The Labute approximate surface area is 115 Å². The molecule has 0 heterocycles. The molecule has 7 heteroatoms. The van der Waals surface area contributed by atoms with Crippen LogP contribution in [0.1, 0.15) is 23.7 Å². The van der Waals surface area contributed by atoms with Crippen molar-refractivity contribution in [2.24, 2.45) is 0 Å². The van der Waals surface area contributed by atoms with Gasteiger partial charge >= 0.3 is 5.69 Å². The number of hydrogen-bond acceptors (Lipinski definition) is 4. The molecule has 1 aromatic rings. The number of amides is 1. The number of nitro groups is 1. The Morgan fingerprint density at radius 2 is 2.26 bits per heavy atom. The van der Waals surface area contributed by atoms with Crippen molar-refractivity contribution in [2.75, 3.05) is 13.7 Å². The van der Waals surface area contributed by atoms with E-state index in [0.717, 1.165) is 0 Å². The molecule has 0 saturated heterocycles. The summed E-state index contributed by atoms with van der Waals surface area (Å²) in [5.74, 6) is -0.256. The number of alkyl halides is 1. The van der Waals surface area contributed by atoms with Gasteiger partial charge in [-0.1, -0.05) is 0 Å². The summed E-state index contributed by atoms with van der Waals surface area (Å²) in [5.41, 5.74) is 0.137. The maximum Gasteiger partial charge on any atom is 0.310 e. The van der Waals surface area contributed by atoms with Crippen LogP contribution in [0.3, 0.4) is 0 Å². The van der Waals surface area contributed by atoms with Gasteiger partial charge in [0.25, 0.3) is 5.91 Å². The van der Waals surface area contributed by atoms with Gasteiger partial charge in [-0.2, -0.15) is 0 Å². The predicted octanol–water partition coefficient (Wildman–Crippen LogP) is 2.35. The lowest BCUT2D eigenvalue weighted by molar-refractivity contribution is -0.385. The van der Waals surface area contributed by atoms with E-state index in [9.17, 15) is 14.9 Å². The second-order valence-electron chi connectivity index (χ2n) is 3.97. The van der Waals surface area contributed by atoms with Gasteiger partial charge in [0.1, 0.15) is 0 Å². The summed E-state index contributed by atoms with van der Waals surface area (Å²) < 4.78 is 4.90. The van der Waals surface area contributed by atoms with Gasteiger partial charge in [-0.15, -0.1) is 11.6 Å². The highest BCUT2D eigenvalue weighted by Gasteiger charge is 2.17. The van der Waals surface area contributed by atoms with E-state index in [-0.39, 0.29) is 22.7 Å². The van der Waals surface area contributed by atoms with Crippen molar-refractivity contribution in [2.45, 2.75) is 18.7 Å². The normalized spacial score (nSPS) is 11.7. The number of nitrogens with one attached hydrogen (secondary N) is 1. The minimum Gasteiger partial charge on any atom is -0.490 e. The van der Waals surface area contributed by atoms with Crippen molar-refractivity contribution in [1.29, 1.82) is 0 Å². The Hall–Kier alpha value is -1.82. The Morgan fingerprint density at radius 3 is 2.79 bits per heavy atom. The van der Waals surface area contributed by atoms with Gasteiger partial charge in [0.05, 0.1) is 12.0 Å². The highest BCUT2D eigenvalue weighted by atomic mass is 35.5. The first-order valence-electron chi connectivity index (χ1n) is 5.70. The standard InChI is InChI=1S/C12H15ClN2O4/c1-8(13)5-6-14-12(16)9-3-4-10(15(17)18)11(7-9)19-2/h3-4,7-8H,5-6H2,1-2H3,(H,14,16). The van der Waals surface area contributed by atoms with E-state index >= 15 is 0 Å². The van der Waals surface area contributed by atoms with Crippen molar-refractivity contribution in [3.63, 3.8) is 0 Å². The van der Waals surface area contributed by atoms with E-state index in [0.29, 0.717) is 18.5 Å². The van der Waals surface area contributed by atoms with E-state index < -0.39 is 4.92 Å². The van der Waals surface area contributed by atoms with E-state index in [1.54, 1.807) is 0 Å². The van der Waals surface area contributed by atoms with E-state index in [2.05, 4.69) is 5.32 Å². The quantitative estimate of drug-likeness (QED) is 0.494. The van der Waals surface area contributed by atoms with Crippen LogP contribution in [0.5, 0.6) is 5.75 Å². The van der Waals surface area contributed by atoms with E-state index in [4.69, 9.17) is 16.3 Å². The van der Waals surface area contributed by atoms with E-state index in [1.807, 2.05) is 6.92 Å². The zero-order valence-electron chi connectivity index (χ0n) is 10.7. The first-order valence-corrected chi connectivity index (χ1v) is 6.14. The van der Waals surface area contributed by atoms with Crippen LogP contribution in [0.15, 0.2) is 18.2 Å². The molecule has 1 amide bonds. The van der Waals surface area contributed by atoms with Gasteiger partial charge in [-0.3, -0.25) is 14.9 Å². The number of benzene rings is 1. The molecular formula is C12H15ClN2O4. The number of ether oxygens (including phenoxy) is 1. The van der Waals surface area contributed by atoms with Crippen LogP contribution in [0.25, 0.3) is 0 Å². The molecule has 0 saturated carbocycles. The van der Waals surface area contributed by atoms with E-state index in [1.165, 1.54) is 25.3 Å². The second-order valence-corrected chi connectivity index (χ2v) is 4.71. The van der Waals surface area contributed by atoms with Crippen molar-refractivity contribution in [3.05, 3.63) is 33.9 Å². The number of carbonyl (C=O) groups excluding carboxylic acids is 1. The molecule has 0 bridgehead atoms. The molecule has 0 radical (unpaired) electrons. The van der Waals surface area contributed by atoms with Crippen LogP contribution >= 0.6 is 11.6 Å². The van der Waals surface area contributed by atoms with Crippen molar-refractivity contribution < 1.29 is 14.5 Å². The smallest absolute Gasteiger partial charge is 0.310 e. The van der Waals surface area contributed by atoms with Gasteiger partial charge in [-0.05, 0) is 19.4 Å². The van der Waals surface area contributed by atoms with Crippen LogP contribution in [0.4, 0.5) is 5.69 Å². The summed E-state index contributed by atoms with van der Waals surface area (Å²) in [7, 11) is 1.32. The third-order valence-corrected chi connectivity index (χ3v) is 2.68. The van der Waals surface area contributed by atoms with Crippen molar-refractivity contribution >= 4 is 23.2 Å². The predicted molar refractivity (Wildman–Crippen MR) is 71.9 cm³/mol. The number of hydrogen-bond donors (Lipinski definition) is 1. The average Bonchev–Trinajstić information content (AvgIpc) is 2.37. The summed E-state index contributed by atoms with van der Waals surface area (Å²) in [4.78, 5) is 22.0. The zero-order valence-corrected chi connectivity index (χ0v) is 11.4. The van der Waals surface area contributed by atoms with Crippen molar-refractivity contribution in [3.8, 4) is 5.75 Å². The van der Waals surface area contributed by atoms with Gasteiger partial charge in [0.15, 0.2) is 5.75 Å². The monoisotopic (exact) mass is 286 g/mol. The SMILES string of the molecule is COc1cc(C(=O)NCCC(C)Cl)ccc1[N+](=O)[O-]. The molecule has 1 atom stereocenters. The Morgan fingerprint density at radius 1 is 1.58 bits per heavy atom. The lowest BCUT2D eigenvalue weighted by atomic mass is 10.1. The summed E-state index contributed by atoms with van der Waals surface area (Å²) in [6.07, 6.45) is 0.650. The highest BCUT2D eigenvalue weighted by molar-refractivity contribution is 6.20. The topological polar surface area (TPSA) is 81.5 Å². The number of methoxy groups -OCH3 is 1. The highest BCUT2D eigenvalue weighted by Crippen LogP contribution is 2.27. The first-order chi connectivity index (χ1) is 8.95. The van der Waals surface area contributed by atoms with Crippen LogP contribution in [-0.2, 0) is 0 Å². The third-order valence-electron chi connectivity index (χ3n) is 2.47. The van der Waals surface area contributed by atoms with Crippen LogP contribution < -0.4 is 10.1 Å². The number of halogens is 1. The van der Waals surface area contributed by atoms with Gasteiger partial charge in [-0.25, -0.2) is 0 Å². The number of nitrogens with zero attached hydrogens (tertiary/aromatic N) is 1. The first kappa shape index (κ1) is 15.2. The zero-order chi connectivity index (χ0) is 14.4. The molecule has 0 aliphatic heterocycles. The van der Waals surface area contributed by atoms with Gasteiger partial charge in [0, 0.05) is 29.6 Å². The minimum absolute atomic E-state index is 0.0216. The Bertz CT molecular complexity index is 477. The molecule has 1 aromatic carbocycles. The molecule has 0 fully saturated rings. The average molecular weight is 287 g/mol. The Balaban J connectivity index is 2.78. The third kappa shape index (κ3) is 4.40. The molecule has 19 heavy (non-hydrogen) atoms. The molecule has 1 N–H and O–H groups in total. The molecule has 104 valence electrons. The Kier molecular flexibility index (Phi) is 5.57. The summed E-state index contributed by atoms with van der Waals surface area (Å²) >= 11 is 5.76.